The minimum atomic E-state index is -3.28. The quantitative estimate of drug-likeness (QED) is 0.876. The molecule has 20 heavy (non-hydrogen) atoms. The average molecular weight is 308 g/mol. The van der Waals surface area contributed by atoms with Crippen LogP contribution in [0.3, 0.4) is 0 Å². The van der Waals surface area contributed by atoms with Gasteiger partial charge in [-0.05, 0) is 47.9 Å². The molecule has 0 bridgehead atoms. The van der Waals surface area contributed by atoms with Crippen molar-refractivity contribution in [2.24, 2.45) is 0 Å². The van der Waals surface area contributed by atoms with Crippen LogP contribution < -0.4 is 0 Å². The molecular formula is C14H16N2O2S2. The molecule has 0 spiro atoms. The summed E-state index contributed by atoms with van der Waals surface area (Å²) in [4.78, 5) is 4.02. The summed E-state index contributed by atoms with van der Waals surface area (Å²) in [5.74, 6) is 0.438. The normalized spacial score (nSPS) is 18.2. The number of rotatable bonds is 3. The van der Waals surface area contributed by atoms with Crippen LogP contribution in [-0.4, -0.2) is 30.8 Å². The van der Waals surface area contributed by atoms with Crippen molar-refractivity contribution in [1.29, 1.82) is 0 Å². The van der Waals surface area contributed by atoms with Gasteiger partial charge in [-0.1, -0.05) is 6.07 Å². The molecule has 0 saturated carbocycles. The van der Waals surface area contributed by atoms with Gasteiger partial charge in [0.1, 0.15) is 4.21 Å². The van der Waals surface area contributed by atoms with E-state index >= 15 is 0 Å². The molecule has 1 saturated heterocycles. The van der Waals surface area contributed by atoms with Gasteiger partial charge in [-0.15, -0.1) is 11.3 Å². The smallest absolute Gasteiger partial charge is 0.252 e. The lowest BCUT2D eigenvalue weighted by atomic mass is 9.91. The predicted molar refractivity (Wildman–Crippen MR) is 79.3 cm³/mol. The monoisotopic (exact) mass is 308 g/mol. The summed E-state index contributed by atoms with van der Waals surface area (Å²) < 4.78 is 26.9. The zero-order chi connectivity index (χ0) is 14.0. The van der Waals surface area contributed by atoms with Gasteiger partial charge in [0.2, 0.25) is 0 Å². The van der Waals surface area contributed by atoms with Gasteiger partial charge < -0.3 is 0 Å². The molecule has 0 aliphatic carbocycles. The molecule has 0 radical (unpaired) electrons. The molecule has 3 rings (SSSR count). The Morgan fingerprint density at radius 1 is 1.15 bits per heavy atom. The largest absolute Gasteiger partial charge is 0.265 e. The number of piperidine rings is 1. The van der Waals surface area contributed by atoms with Crippen LogP contribution in [0.4, 0.5) is 0 Å². The van der Waals surface area contributed by atoms with E-state index < -0.39 is 10.0 Å². The predicted octanol–water partition coefficient (Wildman–Crippen LogP) is 2.71. The Bertz CT molecular complexity index is 646. The van der Waals surface area contributed by atoms with Gasteiger partial charge in [-0.2, -0.15) is 4.31 Å². The molecule has 6 heteroatoms. The molecule has 0 amide bonds. The summed E-state index contributed by atoms with van der Waals surface area (Å²) in [7, 11) is -3.28. The van der Waals surface area contributed by atoms with Crippen molar-refractivity contribution in [3.05, 3.63) is 47.6 Å². The first kappa shape index (κ1) is 13.7. The molecular weight excluding hydrogens is 292 g/mol. The topological polar surface area (TPSA) is 50.3 Å². The van der Waals surface area contributed by atoms with Crippen LogP contribution in [0.15, 0.2) is 46.2 Å². The SMILES string of the molecule is O=S(=O)(c1cccs1)N1CCC(c2ccncc2)CC1. The second-order valence-corrected chi connectivity index (χ2v) is 8.00. The second kappa shape index (κ2) is 5.63. The third kappa shape index (κ3) is 2.63. The van der Waals surface area contributed by atoms with Crippen molar-refractivity contribution in [1.82, 2.24) is 9.29 Å². The van der Waals surface area contributed by atoms with E-state index in [0.717, 1.165) is 12.8 Å². The lowest BCUT2D eigenvalue weighted by molar-refractivity contribution is 0.320. The Morgan fingerprint density at radius 2 is 1.85 bits per heavy atom. The van der Waals surface area contributed by atoms with Gasteiger partial charge in [0.05, 0.1) is 0 Å². The van der Waals surface area contributed by atoms with E-state index in [-0.39, 0.29) is 0 Å². The van der Waals surface area contributed by atoms with Gasteiger partial charge >= 0.3 is 0 Å². The standard InChI is InChI=1S/C14H16N2O2S2/c17-20(18,14-2-1-11-19-14)16-9-5-13(6-10-16)12-3-7-15-8-4-12/h1-4,7-8,11,13H,5-6,9-10H2. The lowest BCUT2D eigenvalue weighted by Crippen LogP contribution is -2.37. The Kier molecular flexibility index (Phi) is 3.87. The van der Waals surface area contributed by atoms with Crippen molar-refractivity contribution in [3.8, 4) is 0 Å². The van der Waals surface area contributed by atoms with E-state index in [1.807, 2.05) is 12.1 Å². The third-order valence-electron chi connectivity index (χ3n) is 3.72. The first-order chi connectivity index (χ1) is 9.68. The van der Waals surface area contributed by atoms with E-state index in [9.17, 15) is 8.42 Å². The molecule has 106 valence electrons. The lowest BCUT2D eigenvalue weighted by Gasteiger charge is -2.31. The highest BCUT2D eigenvalue weighted by atomic mass is 32.2. The highest BCUT2D eigenvalue weighted by Gasteiger charge is 2.30. The summed E-state index contributed by atoms with van der Waals surface area (Å²) in [6.07, 6.45) is 5.33. The number of aromatic nitrogens is 1. The first-order valence-corrected chi connectivity index (χ1v) is 8.93. The molecule has 0 N–H and O–H groups in total. The van der Waals surface area contributed by atoms with Crippen LogP contribution >= 0.6 is 11.3 Å². The van der Waals surface area contributed by atoms with Gasteiger partial charge in [0.15, 0.2) is 0 Å². The molecule has 2 aromatic heterocycles. The average Bonchev–Trinajstić information content (AvgIpc) is 3.03. The van der Waals surface area contributed by atoms with Crippen molar-refractivity contribution < 1.29 is 8.42 Å². The number of pyridine rings is 1. The molecule has 1 fully saturated rings. The minimum absolute atomic E-state index is 0.438. The Labute approximate surface area is 123 Å². The summed E-state index contributed by atoms with van der Waals surface area (Å²) in [6, 6.07) is 7.50. The number of hydrogen-bond acceptors (Lipinski definition) is 4. The Balaban J connectivity index is 1.70. The Hall–Kier alpha value is -1.24. The van der Waals surface area contributed by atoms with Crippen LogP contribution in [0, 0.1) is 0 Å². The number of hydrogen-bond donors (Lipinski definition) is 0. The fourth-order valence-corrected chi connectivity index (χ4v) is 5.22. The summed E-state index contributed by atoms with van der Waals surface area (Å²) >= 11 is 1.28. The zero-order valence-corrected chi connectivity index (χ0v) is 12.6. The van der Waals surface area contributed by atoms with Crippen LogP contribution in [0.5, 0.6) is 0 Å². The molecule has 2 aromatic rings. The van der Waals surface area contributed by atoms with E-state index in [0.29, 0.717) is 23.2 Å². The summed E-state index contributed by atoms with van der Waals surface area (Å²) in [6.45, 7) is 1.18. The van der Waals surface area contributed by atoms with Crippen LogP contribution in [0.1, 0.15) is 24.3 Å². The van der Waals surface area contributed by atoms with Crippen LogP contribution in [0.25, 0.3) is 0 Å². The summed E-state index contributed by atoms with van der Waals surface area (Å²) in [5.41, 5.74) is 1.26. The zero-order valence-electron chi connectivity index (χ0n) is 11.0. The van der Waals surface area contributed by atoms with E-state index in [1.165, 1.54) is 16.9 Å². The molecule has 0 atom stereocenters. The molecule has 0 aromatic carbocycles. The van der Waals surface area contributed by atoms with E-state index in [2.05, 4.69) is 4.98 Å². The molecule has 4 nitrogen and oxygen atoms in total. The maximum Gasteiger partial charge on any atom is 0.252 e. The Morgan fingerprint density at radius 3 is 2.45 bits per heavy atom. The van der Waals surface area contributed by atoms with Gasteiger partial charge in [0.25, 0.3) is 10.0 Å². The fraction of sp³-hybridized carbons (Fsp3) is 0.357. The maximum atomic E-state index is 12.4. The van der Waals surface area contributed by atoms with Gasteiger partial charge in [0, 0.05) is 25.5 Å². The first-order valence-electron chi connectivity index (χ1n) is 6.61. The highest BCUT2D eigenvalue weighted by Crippen LogP contribution is 2.31. The van der Waals surface area contributed by atoms with Crippen molar-refractivity contribution >= 4 is 21.4 Å². The fourth-order valence-electron chi connectivity index (χ4n) is 2.60. The van der Waals surface area contributed by atoms with Crippen LogP contribution in [-0.2, 0) is 10.0 Å². The van der Waals surface area contributed by atoms with Crippen LogP contribution in [0.2, 0.25) is 0 Å². The minimum Gasteiger partial charge on any atom is -0.265 e. The molecule has 0 unspecified atom stereocenters. The van der Waals surface area contributed by atoms with Crippen molar-refractivity contribution in [2.45, 2.75) is 23.0 Å². The van der Waals surface area contributed by atoms with E-state index in [4.69, 9.17) is 0 Å². The van der Waals surface area contributed by atoms with Crippen molar-refractivity contribution in [3.63, 3.8) is 0 Å². The number of thiophene rings is 1. The molecule has 3 heterocycles. The molecule has 1 aliphatic rings. The number of nitrogens with zero attached hydrogens (tertiary/aromatic N) is 2. The third-order valence-corrected chi connectivity index (χ3v) is 6.99. The van der Waals surface area contributed by atoms with E-state index in [1.54, 1.807) is 34.2 Å². The molecule has 1 aliphatic heterocycles. The van der Waals surface area contributed by atoms with Gasteiger partial charge in [-0.25, -0.2) is 8.42 Å². The number of sulfonamides is 1. The maximum absolute atomic E-state index is 12.4. The summed E-state index contributed by atoms with van der Waals surface area (Å²) in [5, 5.41) is 1.80. The van der Waals surface area contributed by atoms with Gasteiger partial charge in [-0.3, -0.25) is 4.98 Å². The highest BCUT2D eigenvalue weighted by molar-refractivity contribution is 7.91. The second-order valence-electron chi connectivity index (χ2n) is 4.89. The van der Waals surface area contributed by atoms with Crippen molar-refractivity contribution in [2.75, 3.05) is 13.1 Å².